The number of aromatic nitrogens is 2. The van der Waals surface area contributed by atoms with Crippen LogP contribution in [0.1, 0.15) is 44.6 Å². The van der Waals surface area contributed by atoms with Gasteiger partial charge in [0.2, 0.25) is 0 Å². The maximum absolute atomic E-state index is 4.18. The number of nitrogens with zero attached hydrogens (tertiary/aromatic N) is 2. The summed E-state index contributed by atoms with van der Waals surface area (Å²) in [7, 11) is 1.97. The first-order valence-electron chi connectivity index (χ1n) is 7.42. The zero-order valence-electron chi connectivity index (χ0n) is 11.9. The molecule has 102 valence electrons. The van der Waals surface area contributed by atoms with E-state index < -0.39 is 0 Å². The summed E-state index contributed by atoms with van der Waals surface area (Å²) in [5.41, 5.74) is 1.33. The molecule has 0 saturated heterocycles. The Balaban J connectivity index is 1.51. The Bertz CT molecular complexity index is 337. The molecule has 0 spiro atoms. The molecule has 1 fully saturated rings. The van der Waals surface area contributed by atoms with Crippen molar-refractivity contribution in [2.45, 2.75) is 45.4 Å². The second-order valence-electron chi connectivity index (χ2n) is 5.94. The van der Waals surface area contributed by atoms with Gasteiger partial charge in [-0.1, -0.05) is 32.6 Å². The van der Waals surface area contributed by atoms with Crippen LogP contribution in [-0.4, -0.2) is 22.9 Å². The third-order valence-electron chi connectivity index (χ3n) is 4.21. The van der Waals surface area contributed by atoms with Gasteiger partial charge in [0, 0.05) is 13.2 Å². The van der Waals surface area contributed by atoms with E-state index in [4.69, 9.17) is 0 Å². The van der Waals surface area contributed by atoms with E-state index in [1.807, 2.05) is 17.9 Å². The molecule has 1 aliphatic rings. The first kappa shape index (κ1) is 13.6. The van der Waals surface area contributed by atoms with Crippen LogP contribution in [0.25, 0.3) is 0 Å². The van der Waals surface area contributed by atoms with Crippen LogP contribution >= 0.6 is 0 Å². The Morgan fingerprint density at radius 3 is 2.72 bits per heavy atom. The van der Waals surface area contributed by atoms with Crippen molar-refractivity contribution in [3.8, 4) is 0 Å². The normalized spacial score (nSPS) is 24.3. The van der Waals surface area contributed by atoms with Crippen LogP contribution in [0.15, 0.2) is 12.4 Å². The standard InChI is InChI=1S/C15H27N3/c1-13-3-5-14(6-4-13)7-9-16-10-8-15-11-17-18(2)12-15/h11-14,16H,3-10H2,1-2H3. The summed E-state index contributed by atoms with van der Waals surface area (Å²) in [5.74, 6) is 1.95. The minimum absolute atomic E-state index is 0.972. The monoisotopic (exact) mass is 249 g/mol. The number of rotatable bonds is 6. The highest BCUT2D eigenvalue weighted by Gasteiger charge is 2.17. The van der Waals surface area contributed by atoms with Gasteiger partial charge in [0.25, 0.3) is 0 Å². The summed E-state index contributed by atoms with van der Waals surface area (Å²) in [6, 6.07) is 0. The Kier molecular flexibility index (Phi) is 5.24. The van der Waals surface area contributed by atoms with Crippen molar-refractivity contribution in [2.75, 3.05) is 13.1 Å². The van der Waals surface area contributed by atoms with Gasteiger partial charge in [0.15, 0.2) is 0 Å². The Morgan fingerprint density at radius 1 is 1.28 bits per heavy atom. The largest absolute Gasteiger partial charge is 0.316 e. The molecule has 0 atom stereocenters. The lowest BCUT2D eigenvalue weighted by Gasteiger charge is -2.26. The van der Waals surface area contributed by atoms with E-state index in [-0.39, 0.29) is 0 Å². The van der Waals surface area contributed by atoms with Crippen molar-refractivity contribution in [3.05, 3.63) is 18.0 Å². The highest BCUT2D eigenvalue weighted by molar-refractivity contribution is 5.03. The average Bonchev–Trinajstić information content (AvgIpc) is 2.77. The number of hydrogen-bond acceptors (Lipinski definition) is 2. The molecule has 1 saturated carbocycles. The molecular weight excluding hydrogens is 222 g/mol. The molecule has 1 heterocycles. The third kappa shape index (κ3) is 4.45. The maximum Gasteiger partial charge on any atom is 0.0522 e. The number of hydrogen-bond donors (Lipinski definition) is 1. The van der Waals surface area contributed by atoms with Gasteiger partial charge in [-0.2, -0.15) is 5.10 Å². The Hall–Kier alpha value is -0.830. The fourth-order valence-corrected chi connectivity index (χ4v) is 2.88. The van der Waals surface area contributed by atoms with Crippen molar-refractivity contribution in [1.29, 1.82) is 0 Å². The van der Waals surface area contributed by atoms with Crippen molar-refractivity contribution in [3.63, 3.8) is 0 Å². The molecule has 0 aliphatic heterocycles. The van der Waals surface area contributed by atoms with E-state index in [9.17, 15) is 0 Å². The minimum Gasteiger partial charge on any atom is -0.316 e. The molecule has 2 rings (SSSR count). The highest BCUT2D eigenvalue weighted by atomic mass is 15.2. The molecule has 3 nitrogen and oxygen atoms in total. The summed E-state index contributed by atoms with van der Waals surface area (Å²) in [6.45, 7) is 4.65. The molecular formula is C15H27N3. The summed E-state index contributed by atoms with van der Waals surface area (Å²) in [6.07, 6.45) is 12.3. The minimum atomic E-state index is 0.972. The van der Waals surface area contributed by atoms with E-state index in [0.29, 0.717) is 0 Å². The van der Waals surface area contributed by atoms with Gasteiger partial charge in [-0.25, -0.2) is 0 Å². The zero-order chi connectivity index (χ0) is 12.8. The second kappa shape index (κ2) is 6.93. The lowest BCUT2D eigenvalue weighted by atomic mass is 9.81. The molecule has 1 aromatic heterocycles. The quantitative estimate of drug-likeness (QED) is 0.786. The first-order valence-corrected chi connectivity index (χ1v) is 7.42. The fourth-order valence-electron chi connectivity index (χ4n) is 2.88. The van der Waals surface area contributed by atoms with Crippen molar-refractivity contribution >= 4 is 0 Å². The predicted molar refractivity (Wildman–Crippen MR) is 75.5 cm³/mol. The first-order chi connectivity index (χ1) is 8.74. The fraction of sp³-hybridized carbons (Fsp3) is 0.800. The van der Waals surface area contributed by atoms with E-state index in [2.05, 4.69) is 23.5 Å². The lowest BCUT2D eigenvalue weighted by molar-refractivity contribution is 0.275. The van der Waals surface area contributed by atoms with E-state index in [1.54, 1.807) is 0 Å². The maximum atomic E-state index is 4.18. The molecule has 18 heavy (non-hydrogen) atoms. The topological polar surface area (TPSA) is 29.9 Å². The summed E-state index contributed by atoms with van der Waals surface area (Å²) in [5, 5.41) is 7.75. The molecule has 1 N–H and O–H groups in total. The smallest absolute Gasteiger partial charge is 0.0522 e. The molecule has 1 aliphatic carbocycles. The SMILES string of the molecule is CC1CCC(CCNCCc2cnn(C)c2)CC1. The Labute approximate surface area is 111 Å². The Morgan fingerprint density at radius 2 is 2.06 bits per heavy atom. The van der Waals surface area contributed by atoms with Crippen LogP contribution in [0.2, 0.25) is 0 Å². The van der Waals surface area contributed by atoms with Gasteiger partial charge in [-0.15, -0.1) is 0 Å². The van der Waals surface area contributed by atoms with Gasteiger partial charge in [-0.05, 0) is 43.3 Å². The van der Waals surface area contributed by atoms with Crippen LogP contribution in [0.3, 0.4) is 0 Å². The molecule has 0 amide bonds. The van der Waals surface area contributed by atoms with Crippen LogP contribution < -0.4 is 5.32 Å². The zero-order valence-corrected chi connectivity index (χ0v) is 11.9. The molecule has 0 bridgehead atoms. The molecule has 3 heteroatoms. The average molecular weight is 249 g/mol. The van der Waals surface area contributed by atoms with Crippen LogP contribution in [0, 0.1) is 11.8 Å². The van der Waals surface area contributed by atoms with E-state index in [1.165, 1.54) is 44.2 Å². The van der Waals surface area contributed by atoms with Gasteiger partial charge >= 0.3 is 0 Å². The molecule has 1 aromatic rings. The molecule has 0 radical (unpaired) electrons. The lowest BCUT2D eigenvalue weighted by Crippen LogP contribution is -2.22. The van der Waals surface area contributed by atoms with Gasteiger partial charge in [0.1, 0.15) is 0 Å². The van der Waals surface area contributed by atoms with Crippen LogP contribution in [0.4, 0.5) is 0 Å². The summed E-state index contributed by atoms with van der Waals surface area (Å²) < 4.78 is 1.87. The number of nitrogens with one attached hydrogen (secondary N) is 1. The predicted octanol–water partition coefficient (Wildman–Crippen LogP) is 2.77. The van der Waals surface area contributed by atoms with E-state index >= 15 is 0 Å². The molecule has 0 aromatic carbocycles. The van der Waals surface area contributed by atoms with E-state index in [0.717, 1.165) is 24.8 Å². The second-order valence-corrected chi connectivity index (χ2v) is 5.94. The number of aryl methyl sites for hydroxylation is 1. The van der Waals surface area contributed by atoms with Gasteiger partial charge < -0.3 is 5.32 Å². The summed E-state index contributed by atoms with van der Waals surface area (Å²) >= 11 is 0. The molecule has 0 unspecified atom stereocenters. The van der Waals surface area contributed by atoms with Crippen molar-refractivity contribution in [2.24, 2.45) is 18.9 Å². The third-order valence-corrected chi connectivity index (χ3v) is 4.21. The van der Waals surface area contributed by atoms with Gasteiger partial charge in [-0.3, -0.25) is 4.68 Å². The van der Waals surface area contributed by atoms with Crippen LogP contribution in [-0.2, 0) is 13.5 Å². The summed E-state index contributed by atoms with van der Waals surface area (Å²) in [4.78, 5) is 0. The van der Waals surface area contributed by atoms with Crippen LogP contribution in [0.5, 0.6) is 0 Å². The van der Waals surface area contributed by atoms with Crippen molar-refractivity contribution in [1.82, 2.24) is 15.1 Å². The van der Waals surface area contributed by atoms with Crippen molar-refractivity contribution < 1.29 is 0 Å². The van der Waals surface area contributed by atoms with Gasteiger partial charge in [0.05, 0.1) is 6.20 Å². The highest BCUT2D eigenvalue weighted by Crippen LogP contribution is 2.29.